The lowest BCUT2D eigenvalue weighted by molar-refractivity contribution is 0.281. The van der Waals surface area contributed by atoms with Crippen molar-refractivity contribution in [3.63, 3.8) is 0 Å². The Morgan fingerprint density at radius 3 is 2.41 bits per heavy atom. The first-order valence-corrected chi connectivity index (χ1v) is 16.3. The molecule has 0 saturated carbocycles. The van der Waals surface area contributed by atoms with Gasteiger partial charge in [-0.1, -0.05) is 48.9 Å². The van der Waals surface area contributed by atoms with Crippen LogP contribution in [0.5, 0.6) is 0 Å². The summed E-state index contributed by atoms with van der Waals surface area (Å²) < 4.78 is 56.8. The summed E-state index contributed by atoms with van der Waals surface area (Å²) in [5.41, 5.74) is 1.85. The van der Waals surface area contributed by atoms with Crippen LogP contribution in [0.15, 0.2) is 99.8 Å². The molecule has 210 valence electrons. The molecule has 5 rings (SSSR count). The van der Waals surface area contributed by atoms with Crippen molar-refractivity contribution in [2.45, 2.75) is 29.6 Å². The van der Waals surface area contributed by atoms with Crippen molar-refractivity contribution in [2.24, 2.45) is 5.92 Å². The number of rotatable bonds is 7. The van der Waals surface area contributed by atoms with E-state index in [9.17, 15) is 22.1 Å². The number of piperidine rings is 1. The second kappa shape index (κ2) is 11.6. The maximum Gasteiger partial charge on any atom is 0.243 e. The van der Waals surface area contributed by atoms with Crippen molar-refractivity contribution in [1.29, 1.82) is 5.26 Å². The number of sulfonamides is 1. The number of nitrogens with zero attached hydrogens (tertiary/aromatic N) is 4. The van der Waals surface area contributed by atoms with Gasteiger partial charge in [-0.3, -0.25) is 0 Å². The number of hydrogen-bond donors (Lipinski definition) is 0. The van der Waals surface area contributed by atoms with Gasteiger partial charge in [-0.2, -0.15) is 14.7 Å². The lowest BCUT2D eigenvalue weighted by Crippen LogP contribution is -2.39. The largest absolute Gasteiger partial charge is 0.243 e. The van der Waals surface area contributed by atoms with Crippen LogP contribution in [0.1, 0.15) is 25.3 Å². The minimum absolute atomic E-state index is 0.0736. The smallest absolute Gasteiger partial charge is 0.240 e. The second-order valence-electron chi connectivity index (χ2n) is 9.93. The molecule has 1 aliphatic heterocycles. The molecule has 11 heteroatoms. The fraction of sp³-hybridized carbons (Fsp3) is 0.200. The Balaban J connectivity index is 1.63. The fourth-order valence-corrected chi connectivity index (χ4v) is 7.72. The van der Waals surface area contributed by atoms with Crippen LogP contribution in [0.3, 0.4) is 0 Å². The Labute approximate surface area is 245 Å². The lowest BCUT2D eigenvalue weighted by Gasteiger charge is -2.30. The second-order valence-corrected chi connectivity index (χ2v) is 14.2. The van der Waals surface area contributed by atoms with E-state index >= 15 is 0 Å². The summed E-state index contributed by atoms with van der Waals surface area (Å²) in [6.45, 7) is 2.96. The van der Waals surface area contributed by atoms with Crippen molar-refractivity contribution >= 4 is 37.5 Å². The number of allylic oxidation sites excluding steroid dienone is 1. The van der Waals surface area contributed by atoms with Crippen LogP contribution in [-0.2, 0) is 19.9 Å². The molecular weight excluding hydrogens is 580 g/mol. The summed E-state index contributed by atoms with van der Waals surface area (Å²) in [5.74, 6) is 0.270. The summed E-state index contributed by atoms with van der Waals surface area (Å²) >= 11 is 5.92. The molecule has 1 aliphatic rings. The average Bonchev–Trinajstić information content (AvgIpc) is 3.40. The quantitative estimate of drug-likeness (QED) is 0.240. The molecule has 1 fully saturated rings. The number of para-hydroxylation sites is 1. The van der Waals surface area contributed by atoms with E-state index in [0.29, 0.717) is 40.6 Å². The number of hydrogen-bond acceptors (Lipinski definition) is 6. The molecule has 8 nitrogen and oxygen atoms in total. The van der Waals surface area contributed by atoms with E-state index in [1.54, 1.807) is 35.1 Å². The topological polar surface area (TPSA) is 113 Å². The van der Waals surface area contributed by atoms with E-state index < -0.39 is 24.8 Å². The molecule has 1 unspecified atom stereocenters. The van der Waals surface area contributed by atoms with E-state index in [1.807, 2.05) is 43.3 Å². The molecule has 0 amide bonds. The molecule has 2 heterocycles. The van der Waals surface area contributed by atoms with Crippen LogP contribution in [0, 0.1) is 17.2 Å². The Hall–Kier alpha value is -3.75. The zero-order valence-electron chi connectivity index (χ0n) is 22.2. The standard InChI is InChI=1S/C30H27ClN4O4S2/c1-22-7-6-16-34(20-22)41(38,39)28-11-5-8-23(17-28)30-24(21-35(33-30)26-9-3-2-4-10-26)18-29(19-32)40(36,37)27-14-12-25(31)13-15-27/h2-5,8-15,17-18,21-22H,6-7,16,20H2,1H3/b29-18+. The molecule has 3 aromatic carbocycles. The number of nitriles is 1. The van der Waals surface area contributed by atoms with Gasteiger partial charge >= 0.3 is 0 Å². The van der Waals surface area contributed by atoms with Gasteiger partial charge in [-0.05, 0) is 73.4 Å². The highest BCUT2D eigenvalue weighted by Gasteiger charge is 2.29. The van der Waals surface area contributed by atoms with Gasteiger partial charge in [0.05, 0.1) is 15.5 Å². The van der Waals surface area contributed by atoms with Gasteiger partial charge in [0.2, 0.25) is 19.9 Å². The molecule has 0 bridgehead atoms. The zero-order valence-corrected chi connectivity index (χ0v) is 24.6. The number of halogens is 1. The Morgan fingerprint density at radius 1 is 1.00 bits per heavy atom. The van der Waals surface area contributed by atoms with Crippen LogP contribution in [0.25, 0.3) is 23.0 Å². The third-order valence-electron chi connectivity index (χ3n) is 6.94. The number of aromatic nitrogens is 2. The minimum Gasteiger partial charge on any atom is -0.240 e. The highest BCUT2D eigenvalue weighted by atomic mass is 35.5. The first kappa shape index (κ1) is 28.8. The van der Waals surface area contributed by atoms with Gasteiger partial charge in [0.25, 0.3) is 0 Å². The van der Waals surface area contributed by atoms with Gasteiger partial charge in [0, 0.05) is 35.4 Å². The summed E-state index contributed by atoms with van der Waals surface area (Å²) in [5, 5.41) is 15.0. The van der Waals surface area contributed by atoms with Crippen LogP contribution >= 0.6 is 11.6 Å². The van der Waals surface area contributed by atoms with E-state index in [1.165, 1.54) is 34.6 Å². The monoisotopic (exact) mass is 606 g/mol. The summed E-state index contributed by atoms with van der Waals surface area (Å²) in [6.07, 6.45) is 4.67. The van der Waals surface area contributed by atoms with Crippen molar-refractivity contribution in [3.8, 4) is 23.0 Å². The minimum atomic E-state index is -4.17. The molecule has 1 saturated heterocycles. The highest BCUT2D eigenvalue weighted by molar-refractivity contribution is 7.95. The first-order valence-electron chi connectivity index (χ1n) is 13.0. The molecular formula is C30H27ClN4O4S2. The number of sulfone groups is 1. The van der Waals surface area contributed by atoms with E-state index in [4.69, 9.17) is 16.7 Å². The molecule has 4 aromatic rings. The van der Waals surface area contributed by atoms with Crippen molar-refractivity contribution in [1.82, 2.24) is 14.1 Å². The fourth-order valence-electron chi connectivity index (χ4n) is 4.80. The van der Waals surface area contributed by atoms with E-state index in [0.717, 1.165) is 12.8 Å². The van der Waals surface area contributed by atoms with Gasteiger partial charge in [0.15, 0.2) is 0 Å². The van der Waals surface area contributed by atoms with Crippen LogP contribution in [0.4, 0.5) is 0 Å². The van der Waals surface area contributed by atoms with Crippen molar-refractivity contribution in [3.05, 3.63) is 101 Å². The first-order chi connectivity index (χ1) is 19.6. The predicted octanol–water partition coefficient (Wildman–Crippen LogP) is 5.95. The summed E-state index contributed by atoms with van der Waals surface area (Å²) in [4.78, 5) is -0.433. The van der Waals surface area contributed by atoms with Gasteiger partial charge in [0.1, 0.15) is 16.7 Å². The van der Waals surface area contributed by atoms with Gasteiger partial charge in [-0.25, -0.2) is 21.5 Å². The van der Waals surface area contributed by atoms with Crippen LogP contribution in [-0.4, -0.2) is 44.0 Å². The predicted molar refractivity (Wildman–Crippen MR) is 158 cm³/mol. The average molecular weight is 607 g/mol. The van der Waals surface area contributed by atoms with Gasteiger partial charge in [-0.15, -0.1) is 0 Å². The summed E-state index contributed by atoms with van der Waals surface area (Å²) in [6, 6.07) is 23.0. The van der Waals surface area contributed by atoms with Crippen molar-refractivity contribution in [2.75, 3.05) is 13.1 Å². The SMILES string of the molecule is CC1CCCN(S(=O)(=O)c2cccc(-c3nn(-c4ccccc4)cc3/C=C(\C#N)S(=O)(=O)c3ccc(Cl)cc3)c2)C1. The molecule has 41 heavy (non-hydrogen) atoms. The Bertz CT molecular complexity index is 1860. The molecule has 0 radical (unpaired) electrons. The number of benzene rings is 3. The van der Waals surface area contributed by atoms with E-state index in [-0.39, 0.29) is 15.7 Å². The molecule has 1 aromatic heterocycles. The maximum atomic E-state index is 13.5. The van der Waals surface area contributed by atoms with Crippen LogP contribution < -0.4 is 0 Å². The third-order valence-corrected chi connectivity index (χ3v) is 10.7. The molecule has 0 N–H and O–H groups in total. The Kier molecular flexibility index (Phi) is 8.16. The van der Waals surface area contributed by atoms with Crippen molar-refractivity contribution < 1.29 is 16.8 Å². The van der Waals surface area contributed by atoms with Crippen LogP contribution in [0.2, 0.25) is 5.02 Å². The summed E-state index contributed by atoms with van der Waals surface area (Å²) in [7, 11) is -7.92. The Morgan fingerprint density at radius 2 is 1.73 bits per heavy atom. The lowest BCUT2D eigenvalue weighted by atomic mass is 10.0. The van der Waals surface area contributed by atoms with Gasteiger partial charge < -0.3 is 0 Å². The molecule has 1 atom stereocenters. The third kappa shape index (κ3) is 5.99. The van der Waals surface area contributed by atoms with E-state index in [2.05, 4.69) is 0 Å². The normalized spacial score (nSPS) is 16.8. The zero-order chi connectivity index (χ0) is 29.2. The maximum absolute atomic E-state index is 13.5. The highest BCUT2D eigenvalue weighted by Crippen LogP contribution is 2.31. The molecule has 0 spiro atoms. The molecule has 0 aliphatic carbocycles.